The maximum atomic E-state index is 8.91. The predicted molar refractivity (Wildman–Crippen MR) is 33.2 cm³/mol. The van der Waals surface area contributed by atoms with Crippen LogP contribution in [0.1, 0.15) is 0 Å². The molecular formula is C6H10O4. The Kier molecular flexibility index (Phi) is 2.05. The van der Waals surface area contributed by atoms with Crippen LogP contribution < -0.4 is 0 Å². The molecule has 0 bridgehead atoms. The first-order valence-electron chi connectivity index (χ1n) is 3.03. The Labute approximate surface area is 58.0 Å². The molecule has 0 spiro atoms. The summed E-state index contributed by atoms with van der Waals surface area (Å²) >= 11 is 0. The Morgan fingerprint density at radius 2 is 1.00 bits per heavy atom. The van der Waals surface area contributed by atoms with Gasteiger partial charge in [0.2, 0.25) is 0 Å². The van der Waals surface area contributed by atoms with Crippen LogP contribution in [0.5, 0.6) is 0 Å². The molecule has 58 valence electrons. The minimum Gasteiger partial charge on any atom is -0.387 e. The van der Waals surface area contributed by atoms with Gasteiger partial charge in [-0.2, -0.15) is 0 Å². The molecule has 1 aliphatic rings. The highest BCUT2D eigenvalue weighted by Gasteiger charge is 2.31. The van der Waals surface area contributed by atoms with Gasteiger partial charge in [0.1, 0.15) is 24.4 Å². The summed E-state index contributed by atoms with van der Waals surface area (Å²) in [6, 6.07) is 0. The number of rotatable bonds is 0. The van der Waals surface area contributed by atoms with Gasteiger partial charge in [-0.25, -0.2) is 0 Å². The van der Waals surface area contributed by atoms with Gasteiger partial charge in [0, 0.05) is 0 Å². The van der Waals surface area contributed by atoms with Crippen molar-refractivity contribution in [1.29, 1.82) is 0 Å². The van der Waals surface area contributed by atoms with Crippen LogP contribution in [0.15, 0.2) is 12.2 Å². The normalized spacial score (nSPS) is 47.6. The lowest BCUT2D eigenvalue weighted by Crippen LogP contribution is -2.46. The van der Waals surface area contributed by atoms with E-state index in [0.717, 1.165) is 0 Å². The van der Waals surface area contributed by atoms with E-state index in [1.807, 2.05) is 0 Å². The maximum absolute atomic E-state index is 8.91. The zero-order valence-corrected chi connectivity index (χ0v) is 5.25. The Morgan fingerprint density at radius 3 is 1.30 bits per heavy atom. The molecule has 1 rings (SSSR count). The summed E-state index contributed by atoms with van der Waals surface area (Å²) in [6.45, 7) is 0. The highest BCUT2D eigenvalue weighted by Crippen LogP contribution is 2.12. The van der Waals surface area contributed by atoms with Crippen molar-refractivity contribution in [1.82, 2.24) is 0 Å². The van der Waals surface area contributed by atoms with E-state index in [-0.39, 0.29) is 0 Å². The van der Waals surface area contributed by atoms with E-state index >= 15 is 0 Å². The van der Waals surface area contributed by atoms with Gasteiger partial charge in [-0.1, -0.05) is 12.2 Å². The number of hydrogen-bond acceptors (Lipinski definition) is 4. The standard InChI is InChI=1S/C6H10O4/c7-3-1-2-4(8)6(10)5(3)9/h1-10H/t3-,4+,5-,6-/m0/s1. The van der Waals surface area contributed by atoms with Crippen molar-refractivity contribution in [2.45, 2.75) is 24.4 Å². The van der Waals surface area contributed by atoms with Crippen molar-refractivity contribution in [2.75, 3.05) is 0 Å². The molecule has 0 unspecified atom stereocenters. The van der Waals surface area contributed by atoms with Gasteiger partial charge < -0.3 is 20.4 Å². The Hall–Kier alpha value is -0.420. The molecular weight excluding hydrogens is 136 g/mol. The topological polar surface area (TPSA) is 80.9 Å². The third-order valence-corrected chi connectivity index (χ3v) is 1.56. The Bertz CT molecular complexity index is 129. The zero-order valence-electron chi connectivity index (χ0n) is 5.25. The molecule has 0 aromatic rings. The lowest BCUT2D eigenvalue weighted by Gasteiger charge is -2.27. The van der Waals surface area contributed by atoms with Gasteiger partial charge in [-0.15, -0.1) is 0 Å². The summed E-state index contributed by atoms with van der Waals surface area (Å²) in [5.41, 5.74) is 0. The van der Waals surface area contributed by atoms with E-state index < -0.39 is 24.4 Å². The molecule has 0 heterocycles. The lowest BCUT2D eigenvalue weighted by atomic mass is 9.97. The molecule has 0 radical (unpaired) electrons. The van der Waals surface area contributed by atoms with E-state index in [4.69, 9.17) is 20.4 Å². The SMILES string of the molecule is O[C@@H]1[C@@H](O)[C@@H](O)C=C[C@H]1O. The van der Waals surface area contributed by atoms with Crippen LogP contribution in [0.3, 0.4) is 0 Å². The van der Waals surface area contributed by atoms with Crippen LogP contribution in [0.4, 0.5) is 0 Å². The number of aliphatic hydroxyl groups is 4. The van der Waals surface area contributed by atoms with Crippen LogP contribution in [0.25, 0.3) is 0 Å². The average molecular weight is 146 g/mol. The van der Waals surface area contributed by atoms with Gasteiger partial charge in [-0.3, -0.25) is 0 Å². The summed E-state index contributed by atoms with van der Waals surface area (Å²) in [7, 11) is 0. The van der Waals surface area contributed by atoms with Crippen LogP contribution in [-0.2, 0) is 0 Å². The van der Waals surface area contributed by atoms with E-state index in [1.54, 1.807) is 0 Å². The van der Waals surface area contributed by atoms with E-state index in [2.05, 4.69) is 0 Å². The fourth-order valence-electron chi connectivity index (χ4n) is 0.859. The predicted octanol–water partition coefficient (Wildman–Crippen LogP) is -2.00. The number of aliphatic hydroxyl groups excluding tert-OH is 4. The first kappa shape index (κ1) is 7.68. The van der Waals surface area contributed by atoms with Gasteiger partial charge in [-0.05, 0) is 0 Å². The quantitative estimate of drug-likeness (QED) is 0.298. The summed E-state index contributed by atoms with van der Waals surface area (Å²) < 4.78 is 0. The highest BCUT2D eigenvalue weighted by atomic mass is 16.4. The molecule has 0 aliphatic heterocycles. The van der Waals surface area contributed by atoms with Crippen molar-refractivity contribution < 1.29 is 20.4 Å². The minimum atomic E-state index is -1.28. The minimum absolute atomic E-state index is 1.07. The second kappa shape index (κ2) is 2.67. The van der Waals surface area contributed by atoms with E-state index in [9.17, 15) is 0 Å². The van der Waals surface area contributed by atoms with Crippen LogP contribution >= 0.6 is 0 Å². The fourth-order valence-corrected chi connectivity index (χ4v) is 0.859. The molecule has 4 heteroatoms. The summed E-state index contributed by atoms with van der Waals surface area (Å²) in [4.78, 5) is 0. The molecule has 1 aliphatic carbocycles. The van der Waals surface area contributed by atoms with Gasteiger partial charge in [0.15, 0.2) is 0 Å². The summed E-state index contributed by atoms with van der Waals surface area (Å²) in [6.07, 6.45) is -2.19. The first-order valence-corrected chi connectivity index (χ1v) is 3.03. The molecule has 4 nitrogen and oxygen atoms in total. The second-order valence-corrected chi connectivity index (χ2v) is 2.35. The highest BCUT2D eigenvalue weighted by molar-refractivity contribution is 5.07. The van der Waals surface area contributed by atoms with Gasteiger partial charge >= 0.3 is 0 Å². The van der Waals surface area contributed by atoms with E-state index in [1.165, 1.54) is 12.2 Å². The van der Waals surface area contributed by atoms with Crippen LogP contribution in [-0.4, -0.2) is 44.8 Å². The van der Waals surface area contributed by atoms with E-state index in [0.29, 0.717) is 0 Å². The van der Waals surface area contributed by atoms with Crippen molar-refractivity contribution in [3.8, 4) is 0 Å². The molecule has 0 aromatic heterocycles. The third-order valence-electron chi connectivity index (χ3n) is 1.56. The molecule has 0 amide bonds. The average Bonchev–Trinajstić information content (AvgIpc) is 1.93. The molecule has 0 aromatic carbocycles. The van der Waals surface area contributed by atoms with Crippen LogP contribution in [0, 0.1) is 0 Å². The molecule has 10 heavy (non-hydrogen) atoms. The molecule has 0 saturated carbocycles. The van der Waals surface area contributed by atoms with Crippen molar-refractivity contribution in [3.63, 3.8) is 0 Å². The largest absolute Gasteiger partial charge is 0.387 e. The lowest BCUT2D eigenvalue weighted by molar-refractivity contribution is -0.0884. The molecule has 4 N–H and O–H groups in total. The maximum Gasteiger partial charge on any atom is 0.112 e. The second-order valence-electron chi connectivity index (χ2n) is 2.35. The molecule has 0 saturated heterocycles. The Morgan fingerprint density at radius 1 is 0.700 bits per heavy atom. The first-order chi connectivity index (χ1) is 4.63. The van der Waals surface area contributed by atoms with Crippen molar-refractivity contribution in [3.05, 3.63) is 12.2 Å². The third kappa shape index (κ3) is 1.19. The summed E-state index contributed by atoms with van der Waals surface area (Å²) in [5.74, 6) is 0. The monoisotopic (exact) mass is 146 g/mol. The smallest absolute Gasteiger partial charge is 0.112 e. The van der Waals surface area contributed by atoms with Gasteiger partial charge in [0.05, 0.1) is 0 Å². The van der Waals surface area contributed by atoms with Crippen molar-refractivity contribution >= 4 is 0 Å². The Balaban J connectivity index is 2.69. The van der Waals surface area contributed by atoms with Crippen LogP contribution in [0.2, 0.25) is 0 Å². The number of hydrogen-bond donors (Lipinski definition) is 4. The zero-order chi connectivity index (χ0) is 7.72. The van der Waals surface area contributed by atoms with Gasteiger partial charge in [0.25, 0.3) is 0 Å². The molecule has 4 atom stereocenters. The molecule has 0 fully saturated rings. The fraction of sp³-hybridized carbons (Fsp3) is 0.667. The summed E-state index contributed by atoms with van der Waals surface area (Å²) in [5, 5.41) is 35.5. The van der Waals surface area contributed by atoms with Crippen molar-refractivity contribution in [2.24, 2.45) is 0 Å².